The van der Waals surface area contributed by atoms with Crippen molar-refractivity contribution in [2.24, 2.45) is 10.9 Å². The standard InChI is InChI=1S/C10H12N6S/c1-7-9(17-10(12-11)16-13-7)15-14-8-5-3-2-4-6-8/h2-6,14H,11H2,1H3,(H,12,16)/b15-9-. The fourth-order valence-electron chi connectivity index (χ4n) is 1.14. The number of anilines is 2. The summed E-state index contributed by atoms with van der Waals surface area (Å²) in [5, 5.41) is 12.6. The van der Waals surface area contributed by atoms with Gasteiger partial charge in [0, 0.05) is 0 Å². The molecule has 0 fully saturated rings. The molecule has 0 aliphatic heterocycles. The molecule has 0 unspecified atom stereocenters. The number of aryl methyl sites for hydroxylation is 1. The Labute approximate surface area is 102 Å². The lowest BCUT2D eigenvalue weighted by Crippen LogP contribution is -2.14. The van der Waals surface area contributed by atoms with Gasteiger partial charge in [0.1, 0.15) is 0 Å². The minimum atomic E-state index is 0.518. The first kappa shape index (κ1) is 11.5. The average Bonchev–Trinajstić information content (AvgIpc) is 2.39. The number of nitrogens with one attached hydrogen (secondary N) is 2. The van der Waals surface area contributed by atoms with Gasteiger partial charge in [-0.1, -0.05) is 29.5 Å². The lowest BCUT2D eigenvalue weighted by molar-refractivity contribution is 0.975. The van der Waals surface area contributed by atoms with Crippen LogP contribution < -0.4 is 21.4 Å². The molecule has 0 radical (unpaired) electrons. The molecule has 0 saturated carbocycles. The molecule has 7 heteroatoms. The van der Waals surface area contributed by atoms with Crippen molar-refractivity contribution in [3.63, 3.8) is 0 Å². The van der Waals surface area contributed by atoms with Crippen molar-refractivity contribution >= 4 is 22.2 Å². The topological polar surface area (TPSA) is 88.2 Å². The SMILES string of the molecule is Cc1nnc(NN)s/c1=N\Nc1ccccc1. The lowest BCUT2D eigenvalue weighted by Gasteiger charge is -2.00. The summed E-state index contributed by atoms with van der Waals surface area (Å²) >= 11 is 1.33. The van der Waals surface area contributed by atoms with Crippen LogP contribution in [0.3, 0.4) is 0 Å². The molecule has 2 aromatic rings. The predicted octanol–water partition coefficient (Wildman–Crippen LogP) is 1.06. The third-order valence-corrected chi connectivity index (χ3v) is 2.95. The molecule has 88 valence electrons. The third-order valence-electron chi connectivity index (χ3n) is 1.98. The second-order valence-corrected chi connectivity index (χ2v) is 4.21. The van der Waals surface area contributed by atoms with Crippen LogP contribution in [0.15, 0.2) is 35.4 Å². The molecule has 0 aliphatic rings. The van der Waals surface area contributed by atoms with Crippen LogP contribution in [-0.2, 0) is 0 Å². The highest BCUT2D eigenvalue weighted by atomic mass is 32.1. The van der Waals surface area contributed by atoms with Crippen LogP contribution in [0, 0.1) is 6.92 Å². The van der Waals surface area contributed by atoms with Crippen LogP contribution in [0.2, 0.25) is 0 Å². The summed E-state index contributed by atoms with van der Waals surface area (Å²) in [6.45, 7) is 1.84. The molecule has 0 saturated heterocycles. The van der Waals surface area contributed by atoms with E-state index < -0.39 is 0 Å². The Morgan fingerprint density at radius 3 is 2.71 bits per heavy atom. The van der Waals surface area contributed by atoms with Crippen LogP contribution in [0.1, 0.15) is 5.69 Å². The van der Waals surface area contributed by atoms with Gasteiger partial charge in [-0.05, 0) is 19.1 Å². The number of nitrogens with zero attached hydrogens (tertiary/aromatic N) is 3. The van der Waals surface area contributed by atoms with Gasteiger partial charge in [-0.3, -0.25) is 10.9 Å². The number of hydrogen-bond donors (Lipinski definition) is 3. The largest absolute Gasteiger partial charge is 0.298 e. The molecule has 1 heterocycles. The Morgan fingerprint density at radius 2 is 2.00 bits per heavy atom. The Kier molecular flexibility index (Phi) is 3.63. The number of para-hydroxylation sites is 1. The van der Waals surface area contributed by atoms with E-state index in [9.17, 15) is 0 Å². The molecule has 6 nitrogen and oxygen atoms in total. The maximum Gasteiger partial charge on any atom is 0.220 e. The average molecular weight is 248 g/mol. The molecular weight excluding hydrogens is 236 g/mol. The summed E-state index contributed by atoms with van der Waals surface area (Å²) in [5.74, 6) is 5.27. The lowest BCUT2D eigenvalue weighted by atomic mass is 10.3. The van der Waals surface area contributed by atoms with E-state index in [1.807, 2.05) is 37.3 Å². The van der Waals surface area contributed by atoms with E-state index >= 15 is 0 Å². The second kappa shape index (κ2) is 5.37. The highest BCUT2D eigenvalue weighted by Crippen LogP contribution is 2.05. The van der Waals surface area contributed by atoms with Crippen molar-refractivity contribution < 1.29 is 0 Å². The number of rotatable bonds is 3. The first-order chi connectivity index (χ1) is 8.29. The molecule has 17 heavy (non-hydrogen) atoms. The summed E-state index contributed by atoms with van der Waals surface area (Å²) in [7, 11) is 0. The maximum atomic E-state index is 5.27. The van der Waals surface area contributed by atoms with Crippen molar-refractivity contribution in [1.82, 2.24) is 10.2 Å². The van der Waals surface area contributed by atoms with Gasteiger partial charge in [0.15, 0.2) is 4.67 Å². The fraction of sp³-hybridized carbons (Fsp3) is 0.100. The predicted molar refractivity (Wildman–Crippen MR) is 68.1 cm³/mol. The van der Waals surface area contributed by atoms with E-state index in [4.69, 9.17) is 5.84 Å². The number of aromatic nitrogens is 2. The van der Waals surface area contributed by atoms with E-state index in [1.54, 1.807) is 0 Å². The Hall–Kier alpha value is -1.99. The van der Waals surface area contributed by atoms with Gasteiger partial charge < -0.3 is 0 Å². The number of nitrogen functional groups attached to an aromatic ring is 1. The normalized spacial score (nSPS) is 11.3. The zero-order chi connectivity index (χ0) is 12.1. The van der Waals surface area contributed by atoms with E-state index in [0.717, 1.165) is 16.1 Å². The van der Waals surface area contributed by atoms with Crippen molar-refractivity contribution in [2.75, 3.05) is 10.9 Å². The summed E-state index contributed by atoms with van der Waals surface area (Å²) in [4.78, 5) is 0. The summed E-state index contributed by atoms with van der Waals surface area (Å²) < 4.78 is 0.733. The fourth-order valence-corrected chi connectivity index (χ4v) is 1.74. The van der Waals surface area contributed by atoms with Crippen molar-refractivity contribution in [2.45, 2.75) is 6.92 Å². The van der Waals surface area contributed by atoms with Crippen LogP contribution in [0.5, 0.6) is 0 Å². The van der Waals surface area contributed by atoms with Gasteiger partial charge in [0.25, 0.3) is 0 Å². The van der Waals surface area contributed by atoms with E-state index in [1.165, 1.54) is 11.3 Å². The highest BCUT2D eigenvalue weighted by molar-refractivity contribution is 7.12. The Morgan fingerprint density at radius 1 is 1.24 bits per heavy atom. The van der Waals surface area contributed by atoms with E-state index in [0.29, 0.717) is 5.13 Å². The summed E-state index contributed by atoms with van der Waals surface area (Å²) in [6.07, 6.45) is 0. The molecule has 1 aromatic carbocycles. The van der Waals surface area contributed by atoms with Crippen LogP contribution in [-0.4, -0.2) is 10.2 Å². The van der Waals surface area contributed by atoms with E-state index in [-0.39, 0.29) is 0 Å². The van der Waals surface area contributed by atoms with Crippen LogP contribution in [0.4, 0.5) is 10.8 Å². The smallest absolute Gasteiger partial charge is 0.220 e. The number of benzene rings is 1. The highest BCUT2D eigenvalue weighted by Gasteiger charge is 1.97. The van der Waals surface area contributed by atoms with Gasteiger partial charge in [-0.2, -0.15) is 5.10 Å². The number of hydrogen-bond acceptors (Lipinski definition) is 7. The minimum Gasteiger partial charge on any atom is -0.298 e. The zero-order valence-electron chi connectivity index (χ0n) is 9.21. The van der Waals surface area contributed by atoms with Gasteiger partial charge in [-0.15, -0.1) is 10.2 Å². The molecule has 0 atom stereocenters. The molecule has 0 spiro atoms. The monoisotopic (exact) mass is 248 g/mol. The zero-order valence-corrected chi connectivity index (χ0v) is 10.0. The molecule has 2 rings (SSSR count). The van der Waals surface area contributed by atoms with Gasteiger partial charge in [0.2, 0.25) is 5.13 Å². The quantitative estimate of drug-likeness (QED) is 0.558. The minimum absolute atomic E-state index is 0.518. The number of hydrazine groups is 1. The third kappa shape index (κ3) is 2.99. The van der Waals surface area contributed by atoms with Crippen molar-refractivity contribution in [3.05, 3.63) is 40.7 Å². The van der Waals surface area contributed by atoms with Gasteiger partial charge in [0.05, 0.1) is 11.4 Å². The van der Waals surface area contributed by atoms with Crippen LogP contribution >= 0.6 is 11.3 Å². The Balaban J connectivity index is 2.27. The molecule has 0 bridgehead atoms. The van der Waals surface area contributed by atoms with E-state index in [2.05, 4.69) is 26.2 Å². The van der Waals surface area contributed by atoms with Gasteiger partial charge in [-0.25, -0.2) is 5.84 Å². The molecular formula is C10H12N6S. The molecule has 0 aliphatic carbocycles. The summed E-state index contributed by atoms with van der Waals surface area (Å²) in [6, 6.07) is 9.68. The summed E-state index contributed by atoms with van der Waals surface area (Å²) in [5.41, 5.74) is 7.06. The molecule has 4 N–H and O–H groups in total. The maximum absolute atomic E-state index is 5.27. The molecule has 0 amide bonds. The second-order valence-electron chi connectivity index (χ2n) is 3.23. The Bertz CT molecular complexity index is 550. The van der Waals surface area contributed by atoms with Crippen LogP contribution in [0.25, 0.3) is 0 Å². The molecule has 1 aromatic heterocycles. The first-order valence-corrected chi connectivity index (χ1v) is 5.77. The van der Waals surface area contributed by atoms with Gasteiger partial charge >= 0.3 is 0 Å². The van der Waals surface area contributed by atoms with Crippen molar-refractivity contribution in [1.29, 1.82) is 0 Å². The van der Waals surface area contributed by atoms with Crippen molar-refractivity contribution in [3.8, 4) is 0 Å². The first-order valence-electron chi connectivity index (χ1n) is 4.95. The number of nitrogens with two attached hydrogens (primary N) is 1.